The molecule has 0 aliphatic heterocycles. The van der Waals surface area contributed by atoms with Crippen molar-refractivity contribution in [3.63, 3.8) is 0 Å². The van der Waals surface area contributed by atoms with Gasteiger partial charge in [0, 0.05) is 24.5 Å². The normalized spacial score (nSPS) is 10.8. The van der Waals surface area contributed by atoms with Crippen LogP contribution in [-0.2, 0) is 6.54 Å². The first-order chi connectivity index (χ1) is 15.1. The lowest BCUT2D eigenvalue weighted by Crippen LogP contribution is -2.31. The van der Waals surface area contributed by atoms with Crippen molar-refractivity contribution in [2.75, 3.05) is 13.7 Å². The first-order valence-electron chi connectivity index (χ1n) is 10.1. The predicted octanol–water partition coefficient (Wildman–Crippen LogP) is 4.06. The molecule has 0 N–H and O–H groups in total. The van der Waals surface area contributed by atoms with E-state index in [2.05, 4.69) is 5.10 Å². The molecular formula is C25H23N3O3. The molecule has 6 heteroatoms. The molecule has 156 valence electrons. The van der Waals surface area contributed by atoms with Gasteiger partial charge in [0.05, 0.1) is 17.7 Å². The monoisotopic (exact) mass is 413 g/mol. The van der Waals surface area contributed by atoms with Crippen LogP contribution in [0.5, 0.6) is 5.75 Å². The number of rotatable bonds is 6. The molecule has 1 amide bonds. The average Bonchev–Trinajstić information content (AvgIpc) is 2.81. The summed E-state index contributed by atoms with van der Waals surface area (Å²) in [5.74, 6) is 0.476. The summed E-state index contributed by atoms with van der Waals surface area (Å²) in [6, 6.07) is 23.8. The molecule has 0 saturated carbocycles. The van der Waals surface area contributed by atoms with Crippen molar-refractivity contribution in [2.45, 2.75) is 13.5 Å². The molecule has 4 rings (SSSR count). The van der Waals surface area contributed by atoms with Crippen LogP contribution in [0.4, 0.5) is 0 Å². The van der Waals surface area contributed by atoms with Crippen LogP contribution in [0.2, 0.25) is 0 Å². The first kappa shape index (κ1) is 20.3. The molecule has 0 aliphatic rings. The Morgan fingerprint density at radius 1 is 0.935 bits per heavy atom. The Hall–Kier alpha value is -3.93. The molecule has 0 fully saturated rings. The van der Waals surface area contributed by atoms with E-state index in [0.29, 0.717) is 29.6 Å². The Morgan fingerprint density at radius 3 is 2.32 bits per heavy atom. The molecule has 0 aliphatic carbocycles. The Labute approximate surface area is 180 Å². The van der Waals surface area contributed by atoms with Gasteiger partial charge in [-0.1, -0.05) is 54.6 Å². The summed E-state index contributed by atoms with van der Waals surface area (Å²) in [5.41, 5.74) is 1.48. The van der Waals surface area contributed by atoms with Crippen molar-refractivity contribution in [2.24, 2.45) is 0 Å². The molecule has 0 bridgehead atoms. The van der Waals surface area contributed by atoms with E-state index >= 15 is 0 Å². The third kappa shape index (κ3) is 4.05. The number of benzene rings is 3. The molecule has 6 nitrogen and oxygen atoms in total. The molecule has 0 unspecified atom stereocenters. The number of para-hydroxylation sites is 2. The van der Waals surface area contributed by atoms with Crippen molar-refractivity contribution >= 4 is 16.7 Å². The molecule has 1 aromatic heterocycles. The highest BCUT2D eigenvalue weighted by molar-refractivity contribution is 6.04. The third-order valence-corrected chi connectivity index (χ3v) is 5.03. The van der Waals surface area contributed by atoms with Crippen molar-refractivity contribution in [3.8, 4) is 11.4 Å². The van der Waals surface area contributed by atoms with Gasteiger partial charge in [-0.05, 0) is 31.2 Å². The number of amides is 1. The second-order valence-electron chi connectivity index (χ2n) is 7.15. The van der Waals surface area contributed by atoms with E-state index in [9.17, 15) is 9.59 Å². The first-order valence-corrected chi connectivity index (χ1v) is 10.1. The van der Waals surface area contributed by atoms with Crippen molar-refractivity contribution in [3.05, 3.63) is 100 Å². The van der Waals surface area contributed by atoms with Gasteiger partial charge in [-0.2, -0.15) is 9.78 Å². The van der Waals surface area contributed by atoms with Crippen LogP contribution in [0.15, 0.2) is 83.7 Å². The Balaban J connectivity index is 1.78. The number of fused-ring (bicyclic) bond motifs is 1. The molecular weight excluding hydrogens is 390 g/mol. The lowest BCUT2D eigenvalue weighted by molar-refractivity contribution is 0.0778. The van der Waals surface area contributed by atoms with E-state index in [0.717, 1.165) is 11.3 Å². The van der Waals surface area contributed by atoms with Crippen LogP contribution >= 0.6 is 0 Å². The van der Waals surface area contributed by atoms with E-state index < -0.39 is 0 Å². The second-order valence-corrected chi connectivity index (χ2v) is 7.15. The zero-order valence-corrected chi connectivity index (χ0v) is 17.5. The molecule has 0 spiro atoms. The van der Waals surface area contributed by atoms with Crippen LogP contribution in [0.25, 0.3) is 16.5 Å². The van der Waals surface area contributed by atoms with Crippen molar-refractivity contribution < 1.29 is 9.53 Å². The van der Waals surface area contributed by atoms with E-state index in [1.165, 1.54) is 4.68 Å². The minimum Gasteiger partial charge on any atom is -0.494 e. The number of hydrogen-bond acceptors (Lipinski definition) is 4. The Bertz CT molecular complexity index is 1280. The number of ether oxygens (including phenoxy) is 1. The highest BCUT2D eigenvalue weighted by Gasteiger charge is 2.21. The van der Waals surface area contributed by atoms with Gasteiger partial charge in [0.2, 0.25) is 0 Å². The van der Waals surface area contributed by atoms with Gasteiger partial charge in [-0.15, -0.1) is 0 Å². The summed E-state index contributed by atoms with van der Waals surface area (Å²) in [6.45, 7) is 2.83. The summed E-state index contributed by atoms with van der Waals surface area (Å²) in [6.07, 6.45) is 0. The maximum Gasteiger partial charge on any atom is 0.279 e. The van der Waals surface area contributed by atoms with E-state index in [4.69, 9.17) is 4.74 Å². The number of aromatic nitrogens is 2. The number of carbonyl (C=O) groups is 1. The lowest BCUT2D eigenvalue weighted by Gasteiger charge is -2.20. The summed E-state index contributed by atoms with van der Waals surface area (Å²) >= 11 is 0. The smallest absolute Gasteiger partial charge is 0.279 e. The Morgan fingerprint density at radius 2 is 1.58 bits per heavy atom. The van der Waals surface area contributed by atoms with Crippen LogP contribution in [0.1, 0.15) is 23.0 Å². The van der Waals surface area contributed by atoms with Gasteiger partial charge in [0.15, 0.2) is 5.69 Å². The third-order valence-electron chi connectivity index (χ3n) is 5.03. The second kappa shape index (κ2) is 8.83. The molecule has 0 radical (unpaired) electrons. The molecule has 1 heterocycles. The van der Waals surface area contributed by atoms with E-state index in [1.54, 1.807) is 48.3 Å². The SMILES string of the molecule is CCOc1ccccc1CN(C)C(=O)c1nn(-c2ccccc2)c(=O)c2ccccc12. The summed E-state index contributed by atoms with van der Waals surface area (Å²) in [5, 5.41) is 5.46. The lowest BCUT2D eigenvalue weighted by atomic mass is 10.1. The van der Waals surface area contributed by atoms with Gasteiger partial charge in [0.25, 0.3) is 11.5 Å². The van der Waals surface area contributed by atoms with Gasteiger partial charge in [0.1, 0.15) is 5.75 Å². The van der Waals surface area contributed by atoms with Gasteiger partial charge in [-0.3, -0.25) is 9.59 Å². The van der Waals surface area contributed by atoms with Gasteiger partial charge >= 0.3 is 0 Å². The van der Waals surface area contributed by atoms with Gasteiger partial charge < -0.3 is 9.64 Å². The topological polar surface area (TPSA) is 64.4 Å². The largest absolute Gasteiger partial charge is 0.494 e. The summed E-state index contributed by atoms with van der Waals surface area (Å²) in [4.78, 5) is 28.1. The van der Waals surface area contributed by atoms with Crippen molar-refractivity contribution in [1.82, 2.24) is 14.7 Å². The minimum atomic E-state index is -0.271. The van der Waals surface area contributed by atoms with Crippen LogP contribution < -0.4 is 10.3 Å². The van der Waals surface area contributed by atoms with Crippen LogP contribution in [0, 0.1) is 0 Å². The van der Waals surface area contributed by atoms with E-state index in [-0.39, 0.29) is 17.2 Å². The highest BCUT2D eigenvalue weighted by atomic mass is 16.5. The average molecular weight is 413 g/mol. The molecule has 4 aromatic rings. The van der Waals surface area contributed by atoms with E-state index in [1.807, 2.05) is 49.4 Å². The number of carbonyl (C=O) groups excluding carboxylic acids is 1. The van der Waals surface area contributed by atoms with Crippen molar-refractivity contribution in [1.29, 1.82) is 0 Å². The highest BCUT2D eigenvalue weighted by Crippen LogP contribution is 2.22. The number of hydrogen-bond donors (Lipinski definition) is 0. The molecule has 31 heavy (non-hydrogen) atoms. The van der Waals surface area contributed by atoms with Crippen LogP contribution in [0.3, 0.4) is 0 Å². The zero-order valence-electron chi connectivity index (χ0n) is 17.5. The minimum absolute atomic E-state index is 0.232. The maximum absolute atomic E-state index is 13.4. The fourth-order valence-corrected chi connectivity index (χ4v) is 3.53. The standard InChI is InChI=1S/C25H23N3O3/c1-3-31-22-16-10-7-11-18(22)17-27(2)25(30)23-20-14-8-9-15-21(20)24(29)28(26-23)19-12-5-4-6-13-19/h4-16H,3,17H2,1-2H3. The Kier molecular flexibility index (Phi) is 5.80. The molecule has 0 saturated heterocycles. The quantitative estimate of drug-likeness (QED) is 0.478. The summed E-state index contributed by atoms with van der Waals surface area (Å²) in [7, 11) is 1.72. The molecule has 3 aromatic carbocycles. The number of nitrogens with zero attached hydrogens (tertiary/aromatic N) is 3. The summed E-state index contributed by atoms with van der Waals surface area (Å²) < 4.78 is 6.98. The van der Waals surface area contributed by atoms with Gasteiger partial charge in [-0.25, -0.2) is 0 Å². The maximum atomic E-state index is 13.4. The molecule has 0 atom stereocenters. The predicted molar refractivity (Wildman–Crippen MR) is 121 cm³/mol. The zero-order chi connectivity index (χ0) is 21.8. The fourth-order valence-electron chi connectivity index (χ4n) is 3.53. The fraction of sp³-hybridized carbons (Fsp3) is 0.160. The van der Waals surface area contributed by atoms with Crippen LogP contribution in [-0.4, -0.2) is 34.2 Å².